The summed E-state index contributed by atoms with van der Waals surface area (Å²) < 4.78 is 26.2. The first kappa shape index (κ1) is 17.6. The van der Waals surface area contributed by atoms with Gasteiger partial charge in [0, 0.05) is 10.9 Å². The maximum atomic E-state index is 13.2. The van der Waals surface area contributed by atoms with E-state index in [0.717, 1.165) is 0 Å². The summed E-state index contributed by atoms with van der Waals surface area (Å²) >= 11 is 0. The van der Waals surface area contributed by atoms with E-state index in [4.69, 9.17) is 0 Å². The number of halogens is 2. The van der Waals surface area contributed by atoms with E-state index < -0.39 is 0 Å². The zero-order valence-electron chi connectivity index (χ0n) is 14.6. The van der Waals surface area contributed by atoms with E-state index in [1.807, 2.05) is 24.3 Å². The first-order chi connectivity index (χ1) is 13.6. The van der Waals surface area contributed by atoms with Crippen LogP contribution >= 0.6 is 0 Å². The average Bonchev–Trinajstić information content (AvgIpc) is 2.73. The Morgan fingerprint density at radius 2 is 1.46 bits per heavy atom. The number of nitrogens with zero attached hydrogens (tertiary/aromatic N) is 1. The molecule has 2 N–H and O–H groups in total. The van der Waals surface area contributed by atoms with Crippen LogP contribution in [-0.4, -0.2) is 10.9 Å². The van der Waals surface area contributed by atoms with Gasteiger partial charge >= 0.3 is 0 Å². The van der Waals surface area contributed by atoms with E-state index in [2.05, 4.69) is 15.8 Å². The second kappa shape index (κ2) is 7.44. The van der Waals surface area contributed by atoms with E-state index in [0.29, 0.717) is 33.4 Å². The Balaban J connectivity index is 1.69. The number of rotatable bonds is 4. The molecule has 4 nitrogen and oxygen atoms in total. The van der Waals surface area contributed by atoms with Crippen molar-refractivity contribution in [3.8, 4) is 11.3 Å². The van der Waals surface area contributed by atoms with Gasteiger partial charge in [-0.15, -0.1) is 0 Å². The standard InChI is InChI=1S/C22H15F2N3O/c23-15-7-5-14(6-8-15)21-13-19(18-3-1-2-4-20(18)25-21)22(28)27-26-17-11-9-16(24)10-12-17/h1-13,26H,(H,27,28). The number of para-hydroxylation sites is 1. The zero-order valence-corrected chi connectivity index (χ0v) is 14.6. The topological polar surface area (TPSA) is 54.0 Å². The number of aromatic nitrogens is 1. The molecule has 28 heavy (non-hydrogen) atoms. The third-order valence-electron chi connectivity index (χ3n) is 4.27. The summed E-state index contributed by atoms with van der Waals surface area (Å²) in [5.41, 5.74) is 8.26. The SMILES string of the molecule is O=C(NNc1ccc(F)cc1)c1cc(-c2ccc(F)cc2)nc2ccccc12. The van der Waals surface area contributed by atoms with Crippen molar-refractivity contribution in [2.75, 3.05) is 5.43 Å². The van der Waals surface area contributed by atoms with E-state index in [1.165, 1.54) is 36.4 Å². The van der Waals surface area contributed by atoms with Crippen LogP contribution in [0.15, 0.2) is 78.9 Å². The zero-order chi connectivity index (χ0) is 19.5. The molecule has 0 saturated carbocycles. The minimum Gasteiger partial charge on any atom is -0.298 e. The summed E-state index contributed by atoms with van der Waals surface area (Å²) in [7, 11) is 0. The quantitative estimate of drug-likeness (QED) is 0.497. The fraction of sp³-hybridized carbons (Fsp3) is 0. The second-order valence-corrected chi connectivity index (χ2v) is 6.17. The fourth-order valence-corrected chi connectivity index (χ4v) is 2.86. The van der Waals surface area contributed by atoms with Gasteiger partial charge in [-0.3, -0.25) is 15.6 Å². The van der Waals surface area contributed by atoms with Gasteiger partial charge in [-0.1, -0.05) is 18.2 Å². The summed E-state index contributed by atoms with van der Waals surface area (Å²) in [6.07, 6.45) is 0. The molecule has 0 unspecified atom stereocenters. The van der Waals surface area contributed by atoms with Gasteiger partial charge in [0.2, 0.25) is 0 Å². The van der Waals surface area contributed by atoms with Crippen molar-refractivity contribution in [3.05, 3.63) is 96.1 Å². The Morgan fingerprint density at radius 3 is 2.18 bits per heavy atom. The van der Waals surface area contributed by atoms with Crippen LogP contribution in [0.2, 0.25) is 0 Å². The number of carbonyl (C=O) groups excluding carboxylic acids is 1. The second-order valence-electron chi connectivity index (χ2n) is 6.17. The van der Waals surface area contributed by atoms with Gasteiger partial charge in [0.25, 0.3) is 5.91 Å². The van der Waals surface area contributed by atoms with Gasteiger partial charge in [-0.2, -0.15) is 0 Å². The number of hydrazine groups is 1. The van der Waals surface area contributed by atoms with Crippen LogP contribution in [0.3, 0.4) is 0 Å². The minimum absolute atomic E-state index is 0.342. The molecule has 138 valence electrons. The van der Waals surface area contributed by atoms with Crippen molar-refractivity contribution in [2.24, 2.45) is 0 Å². The average molecular weight is 375 g/mol. The molecule has 0 fully saturated rings. The summed E-state index contributed by atoms with van der Waals surface area (Å²) in [5.74, 6) is -1.07. The molecule has 0 radical (unpaired) electrons. The summed E-state index contributed by atoms with van der Waals surface area (Å²) in [6.45, 7) is 0. The van der Waals surface area contributed by atoms with Crippen molar-refractivity contribution in [1.82, 2.24) is 10.4 Å². The van der Waals surface area contributed by atoms with Crippen LogP contribution in [0.25, 0.3) is 22.2 Å². The summed E-state index contributed by atoms with van der Waals surface area (Å²) in [5, 5.41) is 0.687. The Labute approximate surface area is 159 Å². The Hall–Kier alpha value is -3.80. The van der Waals surface area contributed by atoms with Crippen molar-refractivity contribution in [3.63, 3.8) is 0 Å². The number of hydrogen-bond donors (Lipinski definition) is 2. The Bertz CT molecular complexity index is 1140. The van der Waals surface area contributed by atoms with Crippen LogP contribution in [0, 0.1) is 11.6 Å². The third kappa shape index (κ3) is 3.66. The van der Waals surface area contributed by atoms with Crippen LogP contribution in [0.4, 0.5) is 14.5 Å². The van der Waals surface area contributed by atoms with Gasteiger partial charge in [-0.05, 0) is 60.7 Å². The molecular weight excluding hydrogens is 360 g/mol. The molecule has 4 aromatic rings. The number of hydrogen-bond acceptors (Lipinski definition) is 3. The van der Waals surface area contributed by atoms with Crippen LogP contribution < -0.4 is 10.9 Å². The molecule has 0 aliphatic rings. The van der Waals surface area contributed by atoms with E-state index >= 15 is 0 Å². The lowest BCUT2D eigenvalue weighted by Crippen LogP contribution is -2.29. The molecule has 0 saturated heterocycles. The van der Waals surface area contributed by atoms with E-state index in [9.17, 15) is 13.6 Å². The third-order valence-corrected chi connectivity index (χ3v) is 4.27. The number of carbonyl (C=O) groups is 1. The lowest BCUT2D eigenvalue weighted by molar-refractivity contribution is 0.0964. The lowest BCUT2D eigenvalue weighted by atomic mass is 10.0. The van der Waals surface area contributed by atoms with Crippen molar-refractivity contribution >= 4 is 22.5 Å². The normalized spacial score (nSPS) is 10.6. The molecule has 4 rings (SSSR count). The highest BCUT2D eigenvalue weighted by Gasteiger charge is 2.14. The highest BCUT2D eigenvalue weighted by molar-refractivity contribution is 6.07. The lowest BCUT2D eigenvalue weighted by Gasteiger charge is -2.12. The molecule has 0 aliphatic heterocycles. The van der Waals surface area contributed by atoms with Crippen molar-refractivity contribution in [2.45, 2.75) is 0 Å². The molecule has 6 heteroatoms. The molecule has 1 aromatic heterocycles. The highest BCUT2D eigenvalue weighted by Crippen LogP contribution is 2.25. The summed E-state index contributed by atoms with van der Waals surface area (Å²) in [6, 6.07) is 20.5. The number of anilines is 1. The number of benzene rings is 3. The Morgan fingerprint density at radius 1 is 0.821 bits per heavy atom. The van der Waals surface area contributed by atoms with Crippen molar-refractivity contribution in [1.29, 1.82) is 0 Å². The predicted octanol–water partition coefficient (Wildman–Crippen LogP) is 4.94. The van der Waals surface area contributed by atoms with E-state index in [-0.39, 0.29) is 17.5 Å². The first-order valence-electron chi connectivity index (χ1n) is 8.58. The molecule has 0 atom stereocenters. The maximum Gasteiger partial charge on any atom is 0.270 e. The van der Waals surface area contributed by atoms with Crippen LogP contribution in [-0.2, 0) is 0 Å². The number of amides is 1. The number of nitrogens with one attached hydrogen (secondary N) is 2. The Kier molecular flexibility index (Phi) is 4.68. The molecule has 0 aliphatic carbocycles. The van der Waals surface area contributed by atoms with Crippen LogP contribution in [0.1, 0.15) is 10.4 Å². The molecule has 1 heterocycles. The van der Waals surface area contributed by atoms with Gasteiger partial charge in [0.15, 0.2) is 0 Å². The molecular formula is C22H15F2N3O. The highest BCUT2D eigenvalue weighted by atomic mass is 19.1. The molecule has 0 spiro atoms. The first-order valence-corrected chi connectivity index (χ1v) is 8.58. The smallest absolute Gasteiger partial charge is 0.270 e. The molecule has 0 bridgehead atoms. The van der Waals surface area contributed by atoms with Crippen LogP contribution in [0.5, 0.6) is 0 Å². The van der Waals surface area contributed by atoms with Gasteiger partial charge in [0.05, 0.1) is 22.5 Å². The molecule has 3 aromatic carbocycles. The maximum absolute atomic E-state index is 13.2. The monoisotopic (exact) mass is 375 g/mol. The summed E-state index contributed by atoms with van der Waals surface area (Å²) in [4.78, 5) is 17.4. The largest absolute Gasteiger partial charge is 0.298 e. The molecule has 1 amide bonds. The predicted molar refractivity (Wildman–Crippen MR) is 105 cm³/mol. The van der Waals surface area contributed by atoms with E-state index in [1.54, 1.807) is 18.2 Å². The van der Waals surface area contributed by atoms with Gasteiger partial charge < -0.3 is 0 Å². The number of fused-ring (bicyclic) bond motifs is 1. The fourth-order valence-electron chi connectivity index (χ4n) is 2.86. The number of pyridine rings is 1. The van der Waals surface area contributed by atoms with Gasteiger partial charge in [0.1, 0.15) is 11.6 Å². The van der Waals surface area contributed by atoms with Gasteiger partial charge in [-0.25, -0.2) is 13.8 Å². The minimum atomic E-state index is -0.369. The van der Waals surface area contributed by atoms with Crippen molar-refractivity contribution < 1.29 is 13.6 Å².